The second kappa shape index (κ2) is 1.21. The summed E-state index contributed by atoms with van der Waals surface area (Å²) in [6.45, 7) is 0. The van der Waals surface area contributed by atoms with Crippen LogP contribution in [0, 0.1) is 5.82 Å². The Kier molecular flexibility index (Phi) is 0.628. The van der Waals surface area contributed by atoms with Crippen LogP contribution < -0.4 is 0 Å². The van der Waals surface area contributed by atoms with Gasteiger partial charge in [0.1, 0.15) is 5.82 Å². The van der Waals surface area contributed by atoms with Crippen molar-refractivity contribution in [1.29, 1.82) is 0 Å². The van der Waals surface area contributed by atoms with Crippen molar-refractivity contribution in [3.63, 3.8) is 0 Å². The molecular formula is C7H3FO. The maximum absolute atomic E-state index is 12.4. The molecule has 0 unspecified atom stereocenters. The smallest absolute Gasteiger partial charge is 0.196 e. The topological polar surface area (TPSA) is 17.1 Å². The van der Waals surface area contributed by atoms with Gasteiger partial charge < -0.3 is 0 Å². The van der Waals surface area contributed by atoms with Crippen LogP contribution in [0.5, 0.6) is 0 Å². The van der Waals surface area contributed by atoms with E-state index in [1.165, 1.54) is 12.1 Å². The molecular weight excluding hydrogens is 119 g/mol. The van der Waals surface area contributed by atoms with Gasteiger partial charge in [0, 0.05) is 5.56 Å². The lowest BCUT2D eigenvalue weighted by atomic mass is 9.91. The number of hydrogen-bond donors (Lipinski definition) is 0. The van der Waals surface area contributed by atoms with Crippen LogP contribution >= 0.6 is 0 Å². The highest BCUT2D eigenvalue weighted by Gasteiger charge is 2.23. The molecule has 0 saturated carbocycles. The summed E-state index contributed by atoms with van der Waals surface area (Å²) in [6.07, 6.45) is 0. The lowest BCUT2D eigenvalue weighted by molar-refractivity contribution is 0.102. The van der Waals surface area contributed by atoms with Gasteiger partial charge in [0.05, 0.1) is 5.56 Å². The van der Waals surface area contributed by atoms with Gasteiger partial charge in [-0.05, 0) is 18.2 Å². The third-order valence-corrected chi connectivity index (χ3v) is 1.47. The summed E-state index contributed by atoms with van der Waals surface area (Å²) in [6, 6.07) is 4.36. The van der Waals surface area contributed by atoms with Gasteiger partial charge in [0.15, 0.2) is 5.78 Å². The minimum atomic E-state index is -0.407. The lowest BCUT2D eigenvalue weighted by Gasteiger charge is -2.12. The zero-order valence-corrected chi connectivity index (χ0v) is 4.52. The first-order valence-corrected chi connectivity index (χ1v) is 2.63. The molecule has 1 aromatic rings. The summed E-state index contributed by atoms with van der Waals surface area (Å²) in [7, 11) is 0. The SMILES string of the molecule is O=C1c2ccc(F)c1c2. The molecule has 0 fully saturated rings. The van der Waals surface area contributed by atoms with Crippen LogP contribution in [0.4, 0.5) is 4.39 Å². The number of benzene rings is 1. The largest absolute Gasteiger partial charge is 0.288 e. The summed E-state index contributed by atoms with van der Waals surface area (Å²) >= 11 is 0. The van der Waals surface area contributed by atoms with Crippen molar-refractivity contribution < 1.29 is 9.18 Å². The maximum atomic E-state index is 12.4. The molecule has 2 bridgehead atoms. The molecule has 0 saturated heterocycles. The Balaban J connectivity index is 2.78. The summed E-state index contributed by atoms with van der Waals surface area (Å²) in [5, 5.41) is 0. The van der Waals surface area contributed by atoms with Gasteiger partial charge in [0.2, 0.25) is 0 Å². The van der Waals surface area contributed by atoms with Crippen molar-refractivity contribution in [3.8, 4) is 0 Å². The van der Waals surface area contributed by atoms with Gasteiger partial charge in [-0.25, -0.2) is 4.39 Å². The molecule has 0 N–H and O–H groups in total. The summed E-state index contributed by atoms with van der Waals surface area (Å²) < 4.78 is 12.4. The molecule has 0 atom stereocenters. The molecule has 0 aromatic heterocycles. The number of fused-ring (bicyclic) bond motifs is 2. The van der Waals surface area contributed by atoms with Crippen LogP contribution in [0.15, 0.2) is 18.2 Å². The highest BCUT2D eigenvalue weighted by atomic mass is 19.1. The summed E-state index contributed by atoms with van der Waals surface area (Å²) in [5.74, 6) is -0.565. The zero-order valence-electron chi connectivity index (χ0n) is 4.52. The van der Waals surface area contributed by atoms with E-state index in [0.29, 0.717) is 5.56 Å². The van der Waals surface area contributed by atoms with Crippen molar-refractivity contribution >= 4 is 5.78 Å². The van der Waals surface area contributed by atoms with Gasteiger partial charge in [-0.1, -0.05) is 0 Å². The van der Waals surface area contributed by atoms with E-state index in [1.807, 2.05) is 0 Å². The van der Waals surface area contributed by atoms with Gasteiger partial charge >= 0.3 is 0 Å². The Morgan fingerprint density at radius 1 is 1.33 bits per heavy atom. The fraction of sp³-hybridized carbons (Fsp3) is 0. The zero-order chi connectivity index (χ0) is 6.43. The quantitative estimate of drug-likeness (QED) is 0.515. The molecule has 2 aliphatic carbocycles. The van der Waals surface area contributed by atoms with E-state index in [-0.39, 0.29) is 11.3 Å². The first-order valence-electron chi connectivity index (χ1n) is 2.63. The number of halogens is 1. The minimum absolute atomic E-state index is 0.157. The first kappa shape index (κ1) is 4.68. The highest BCUT2D eigenvalue weighted by molar-refractivity contribution is 6.16. The van der Waals surface area contributed by atoms with Crippen molar-refractivity contribution in [1.82, 2.24) is 0 Å². The molecule has 1 nitrogen and oxygen atoms in total. The Labute approximate surface area is 51.1 Å². The van der Waals surface area contributed by atoms with Crippen LogP contribution in [-0.4, -0.2) is 5.78 Å². The standard InChI is InChI=1S/C7H3FO/c8-6-2-1-4-3-5(6)7(4)9/h1-3H. The maximum Gasteiger partial charge on any atom is 0.196 e. The van der Waals surface area contributed by atoms with Gasteiger partial charge in [-0.3, -0.25) is 4.79 Å². The fourth-order valence-corrected chi connectivity index (χ4v) is 0.918. The molecule has 9 heavy (non-hydrogen) atoms. The highest BCUT2D eigenvalue weighted by Crippen LogP contribution is 2.23. The Bertz CT molecular complexity index is 287. The third kappa shape index (κ3) is 0.403. The van der Waals surface area contributed by atoms with Crippen LogP contribution in [0.25, 0.3) is 0 Å². The summed E-state index contributed by atoms with van der Waals surface area (Å²) in [5.41, 5.74) is 0.846. The Morgan fingerprint density at radius 2 is 2.11 bits per heavy atom. The normalized spacial score (nSPS) is 13.2. The van der Waals surface area contributed by atoms with E-state index in [1.54, 1.807) is 6.07 Å². The molecule has 3 rings (SSSR count). The second-order valence-corrected chi connectivity index (χ2v) is 2.02. The molecule has 0 radical (unpaired) electrons. The lowest BCUT2D eigenvalue weighted by Crippen LogP contribution is -2.14. The van der Waals surface area contributed by atoms with E-state index < -0.39 is 5.82 Å². The molecule has 0 amide bonds. The predicted octanol–water partition coefficient (Wildman–Crippen LogP) is 1.37. The molecule has 0 aliphatic heterocycles. The number of ketones is 1. The molecule has 2 heteroatoms. The Morgan fingerprint density at radius 3 is 2.44 bits per heavy atom. The molecule has 44 valence electrons. The van der Waals surface area contributed by atoms with E-state index >= 15 is 0 Å². The number of carbonyl (C=O) groups is 1. The monoisotopic (exact) mass is 122 g/mol. The number of hydrogen-bond acceptors (Lipinski definition) is 1. The van der Waals surface area contributed by atoms with Crippen LogP contribution in [0.1, 0.15) is 15.9 Å². The third-order valence-electron chi connectivity index (χ3n) is 1.47. The van der Waals surface area contributed by atoms with Crippen LogP contribution in [0.2, 0.25) is 0 Å². The van der Waals surface area contributed by atoms with Crippen molar-refractivity contribution in [2.75, 3.05) is 0 Å². The fourth-order valence-electron chi connectivity index (χ4n) is 0.918. The van der Waals surface area contributed by atoms with E-state index in [0.717, 1.165) is 0 Å². The van der Waals surface area contributed by atoms with E-state index in [2.05, 4.69) is 0 Å². The summed E-state index contributed by atoms with van der Waals surface area (Å²) in [4.78, 5) is 10.6. The van der Waals surface area contributed by atoms with E-state index in [9.17, 15) is 9.18 Å². The molecule has 0 heterocycles. The average molecular weight is 122 g/mol. The van der Waals surface area contributed by atoms with Gasteiger partial charge in [-0.15, -0.1) is 0 Å². The van der Waals surface area contributed by atoms with Gasteiger partial charge in [-0.2, -0.15) is 0 Å². The predicted molar refractivity (Wildman–Crippen MR) is 29.8 cm³/mol. The first-order chi connectivity index (χ1) is 4.29. The van der Waals surface area contributed by atoms with Gasteiger partial charge in [0.25, 0.3) is 0 Å². The second-order valence-electron chi connectivity index (χ2n) is 2.02. The van der Waals surface area contributed by atoms with Crippen molar-refractivity contribution in [2.45, 2.75) is 0 Å². The van der Waals surface area contributed by atoms with Crippen molar-refractivity contribution in [3.05, 3.63) is 35.1 Å². The number of rotatable bonds is 0. The van der Waals surface area contributed by atoms with Crippen molar-refractivity contribution in [2.24, 2.45) is 0 Å². The van der Waals surface area contributed by atoms with E-state index in [4.69, 9.17) is 0 Å². The average Bonchev–Trinajstić information content (AvgIpc) is 1.86. The van der Waals surface area contributed by atoms with Crippen LogP contribution in [0.3, 0.4) is 0 Å². The van der Waals surface area contributed by atoms with Crippen LogP contribution in [-0.2, 0) is 0 Å². The Hall–Kier alpha value is -1.18. The minimum Gasteiger partial charge on any atom is -0.288 e. The number of carbonyl (C=O) groups excluding carboxylic acids is 1. The molecule has 2 aliphatic rings. The molecule has 1 aromatic carbocycles. The molecule has 0 spiro atoms.